The van der Waals surface area contributed by atoms with Crippen molar-refractivity contribution < 1.29 is 9.18 Å². The highest BCUT2D eigenvalue weighted by Gasteiger charge is 2.35. The predicted molar refractivity (Wildman–Crippen MR) is 67.7 cm³/mol. The lowest BCUT2D eigenvalue weighted by molar-refractivity contribution is 0.0977. The number of halogens is 1. The first kappa shape index (κ1) is 12.0. The van der Waals surface area contributed by atoms with Gasteiger partial charge in [0.05, 0.1) is 6.04 Å². The fraction of sp³-hybridized carbons (Fsp3) is 0.357. The standard InChI is InChI=1S/C14H14FN3O/c1-2-12(19)13-16-14-10(15)8-11(18(14)17-13)9-6-4-3-5-7-9/h3-7,10-11H,2,8H2,1H3. The maximum Gasteiger partial charge on any atom is 0.217 e. The molecular weight excluding hydrogens is 245 g/mol. The first-order chi connectivity index (χ1) is 9.20. The number of hydrogen-bond donors (Lipinski definition) is 0. The zero-order valence-corrected chi connectivity index (χ0v) is 10.6. The van der Waals surface area contributed by atoms with Gasteiger partial charge in [-0.3, -0.25) is 4.79 Å². The van der Waals surface area contributed by atoms with Gasteiger partial charge in [-0.2, -0.15) is 0 Å². The summed E-state index contributed by atoms with van der Waals surface area (Å²) in [5, 5.41) is 4.19. The van der Waals surface area contributed by atoms with E-state index >= 15 is 0 Å². The lowest BCUT2D eigenvalue weighted by Gasteiger charge is -2.11. The van der Waals surface area contributed by atoms with Crippen LogP contribution in [0.3, 0.4) is 0 Å². The number of alkyl halides is 1. The summed E-state index contributed by atoms with van der Waals surface area (Å²) in [7, 11) is 0. The molecule has 1 aliphatic rings. The Morgan fingerprint density at radius 3 is 2.84 bits per heavy atom. The number of rotatable bonds is 3. The van der Waals surface area contributed by atoms with Crippen molar-refractivity contribution in [3.8, 4) is 0 Å². The Labute approximate surface area is 110 Å². The molecule has 0 amide bonds. The van der Waals surface area contributed by atoms with Gasteiger partial charge in [0.2, 0.25) is 11.6 Å². The summed E-state index contributed by atoms with van der Waals surface area (Å²) >= 11 is 0. The molecule has 2 aromatic rings. The highest BCUT2D eigenvalue weighted by atomic mass is 19.1. The first-order valence-electron chi connectivity index (χ1n) is 6.39. The van der Waals surface area contributed by atoms with Gasteiger partial charge in [0.1, 0.15) is 0 Å². The maximum absolute atomic E-state index is 14.0. The fourth-order valence-electron chi connectivity index (χ4n) is 2.41. The second-order valence-corrected chi connectivity index (χ2v) is 4.64. The third kappa shape index (κ3) is 1.95. The number of nitrogens with zero attached hydrogens (tertiary/aromatic N) is 3. The van der Waals surface area contributed by atoms with Gasteiger partial charge in [-0.05, 0) is 5.56 Å². The molecule has 4 nitrogen and oxygen atoms in total. The zero-order valence-electron chi connectivity index (χ0n) is 10.6. The summed E-state index contributed by atoms with van der Waals surface area (Å²) in [6, 6.07) is 9.45. The molecule has 0 spiro atoms. The van der Waals surface area contributed by atoms with Gasteiger partial charge in [0, 0.05) is 12.8 Å². The molecule has 0 aliphatic carbocycles. The van der Waals surface area contributed by atoms with Crippen LogP contribution >= 0.6 is 0 Å². The van der Waals surface area contributed by atoms with Crippen molar-refractivity contribution in [2.24, 2.45) is 0 Å². The molecule has 98 valence electrons. The monoisotopic (exact) mass is 259 g/mol. The highest BCUT2D eigenvalue weighted by molar-refractivity contribution is 5.92. The maximum atomic E-state index is 14.0. The van der Waals surface area contributed by atoms with E-state index in [0.717, 1.165) is 5.56 Å². The van der Waals surface area contributed by atoms with Crippen LogP contribution in [0.5, 0.6) is 0 Å². The number of ketones is 1. The van der Waals surface area contributed by atoms with Crippen LogP contribution in [0.15, 0.2) is 30.3 Å². The first-order valence-corrected chi connectivity index (χ1v) is 6.39. The predicted octanol–water partition coefficient (Wildman–Crippen LogP) is 2.87. The molecule has 1 aliphatic heterocycles. The lowest BCUT2D eigenvalue weighted by Crippen LogP contribution is -2.09. The van der Waals surface area contributed by atoms with E-state index in [-0.39, 0.29) is 23.5 Å². The van der Waals surface area contributed by atoms with Crippen molar-refractivity contribution in [1.29, 1.82) is 0 Å². The Kier molecular flexibility index (Phi) is 2.89. The van der Waals surface area contributed by atoms with Gasteiger partial charge in [0.25, 0.3) is 0 Å². The molecule has 0 radical (unpaired) electrons. The van der Waals surface area contributed by atoms with E-state index < -0.39 is 6.17 Å². The van der Waals surface area contributed by atoms with Crippen molar-refractivity contribution in [3.05, 3.63) is 47.5 Å². The van der Waals surface area contributed by atoms with Crippen molar-refractivity contribution in [2.45, 2.75) is 32.0 Å². The second kappa shape index (κ2) is 4.57. The third-order valence-electron chi connectivity index (χ3n) is 3.42. The Morgan fingerprint density at radius 2 is 2.16 bits per heavy atom. The van der Waals surface area contributed by atoms with Gasteiger partial charge >= 0.3 is 0 Å². The number of fused-ring (bicyclic) bond motifs is 1. The summed E-state index contributed by atoms with van der Waals surface area (Å²) in [4.78, 5) is 15.7. The number of carbonyl (C=O) groups excluding carboxylic acids is 1. The molecule has 0 saturated carbocycles. The molecule has 2 unspecified atom stereocenters. The number of carbonyl (C=O) groups is 1. The van der Waals surface area contributed by atoms with Crippen LogP contribution in [0.2, 0.25) is 0 Å². The summed E-state index contributed by atoms with van der Waals surface area (Å²) in [6.07, 6.45) is -0.493. The fourth-order valence-corrected chi connectivity index (χ4v) is 2.41. The van der Waals surface area contributed by atoms with E-state index in [1.54, 1.807) is 11.6 Å². The van der Waals surface area contributed by atoms with Crippen LogP contribution in [0, 0.1) is 0 Å². The molecule has 2 atom stereocenters. The van der Waals surface area contributed by atoms with Gasteiger partial charge in [-0.25, -0.2) is 14.1 Å². The van der Waals surface area contributed by atoms with E-state index in [1.807, 2.05) is 30.3 Å². The summed E-state index contributed by atoms with van der Waals surface area (Å²) in [5.41, 5.74) is 0.990. The average molecular weight is 259 g/mol. The van der Waals surface area contributed by atoms with Crippen molar-refractivity contribution in [1.82, 2.24) is 14.8 Å². The van der Waals surface area contributed by atoms with Crippen molar-refractivity contribution in [2.75, 3.05) is 0 Å². The Hall–Kier alpha value is -2.04. The summed E-state index contributed by atoms with van der Waals surface area (Å²) in [5.74, 6) is 0.243. The number of benzene rings is 1. The molecule has 0 N–H and O–H groups in total. The number of aromatic nitrogens is 3. The minimum atomic E-state index is -1.16. The summed E-state index contributed by atoms with van der Waals surface area (Å²) < 4.78 is 15.6. The van der Waals surface area contributed by atoms with Crippen LogP contribution in [0.25, 0.3) is 0 Å². The van der Waals surface area contributed by atoms with E-state index in [9.17, 15) is 9.18 Å². The Bertz CT molecular complexity index is 608. The molecule has 5 heteroatoms. The van der Waals surface area contributed by atoms with Gasteiger partial charge in [0.15, 0.2) is 12.0 Å². The molecule has 1 aromatic heterocycles. The van der Waals surface area contributed by atoms with E-state index in [1.165, 1.54) is 0 Å². The zero-order chi connectivity index (χ0) is 13.4. The van der Waals surface area contributed by atoms with Crippen LogP contribution in [0.4, 0.5) is 4.39 Å². The van der Waals surface area contributed by atoms with Crippen molar-refractivity contribution >= 4 is 5.78 Å². The molecule has 1 aromatic carbocycles. The summed E-state index contributed by atoms with van der Waals surface area (Å²) in [6.45, 7) is 1.75. The topological polar surface area (TPSA) is 47.8 Å². The van der Waals surface area contributed by atoms with E-state index in [2.05, 4.69) is 10.1 Å². The lowest BCUT2D eigenvalue weighted by atomic mass is 10.0. The quantitative estimate of drug-likeness (QED) is 0.796. The van der Waals surface area contributed by atoms with Crippen LogP contribution in [-0.4, -0.2) is 20.5 Å². The highest BCUT2D eigenvalue weighted by Crippen LogP contribution is 2.39. The number of hydrogen-bond acceptors (Lipinski definition) is 3. The molecule has 0 saturated heterocycles. The largest absolute Gasteiger partial charge is 0.291 e. The van der Waals surface area contributed by atoms with E-state index in [0.29, 0.717) is 12.8 Å². The molecule has 19 heavy (non-hydrogen) atoms. The second-order valence-electron chi connectivity index (χ2n) is 4.64. The van der Waals surface area contributed by atoms with Gasteiger partial charge in [-0.15, -0.1) is 5.10 Å². The number of Topliss-reactive ketones (excluding diaryl/α,β-unsaturated/α-hetero) is 1. The Morgan fingerprint density at radius 1 is 1.42 bits per heavy atom. The minimum Gasteiger partial charge on any atom is -0.291 e. The van der Waals surface area contributed by atoms with Gasteiger partial charge < -0.3 is 0 Å². The van der Waals surface area contributed by atoms with E-state index in [4.69, 9.17) is 0 Å². The van der Waals surface area contributed by atoms with Crippen LogP contribution in [-0.2, 0) is 0 Å². The average Bonchev–Trinajstić information content (AvgIpc) is 3.00. The minimum absolute atomic E-state index is 0.126. The third-order valence-corrected chi connectivity index (χ3v) is 3.42. The SMILES string of the molecule is CCC(=O)c1nc2n(n1)C(c1ccccc1)CC2F. The molecule has 0 bridgehead atoms. The van der Waals surface area contributed by atoms with Crippen LogP contribution in [0.1, 0.15) is 54.0 Å². The smallest absolute Gasteiger partial charge is 0.217 e. The van der Waals surface area contributed by atoms with Gasteiger partial charge in [-0.1, -0.05) is 37.3 Å². The van der Waals surface area contributed by atoms with Crippen molar-refractivity contribution in [3.63, 3.8) is 0 Å². The molecule has 3 rings (SSSR count). The molecule has 0 fully saturated rings. The normalized spacial score (nSPS) is 21.4. The Balaban J connectivity index is 2.02. The molecule has 2 heterocycles. The van der Waals surface area contributed by atoms with Crippen LogP contribution < -0.4 is 0 Å². The molecular formula is C14H14FN3O.